The number of phenolic OH excluding ortho intramolecular Hbond substituents is 1. The Balaban J connectivity index is 0.00000272. The van der Waals surface area contributed by atoms with Gasteiger partial charge in [-0.3, -0.25) is 4.79 Å². The molecule has 1 aliphatic carbocycles. The predicted octanol–water partition coefficient (Wildman–Crippen LogP) is 5.27. The summed E-state index contributed by atoms with van der Waals surface area (Å²) >= 11 is 0. The Hall–Kier alpha value is -2.97. The Morgan fingerprint density at radius 2 is 1.93 bits per heavy atom. The van der Waals surface area contributed by atoms with E-state index in [1.807, 2.05) is 0 Å². The van der Waals surface area contributed by atoms with Crippen LogP contribution in [0.15, 0.2) is 30.3 Å². The first kappa shape index (κ1) is 20.3. The van der Waals surface area contributed by atoms with Crippen LogP contribution in [0.4, 0.5) is 28.9 Å². The maximum absolute atomic E-state index is 13.7. The summed E-state index contributed by atoms with van der Waals surface area (Å²) in [4.78, 5) is 12.6. The molecular formula is C21H22F4N2O3. The van der Waals surface area contributed by atoms with Gasteiger partial charge in [-0.25, -0.2) is 4.39 Å². The van der Waals surface area contributed by atoms with E-state index in [9.17, 15) is 27.5 Å². The lowest BCUT2D eigenvalue weighted by Gasteiger charge is -2.27. The molecule has 1 heterocycles. The fourth-order valence-electron chi connectivity index (χ4n) is 4.01. The van der Waals surface area contributed by atoms with E-state index in [1.54, 1.807) is 0 Å². The van der Waals surface area contributed by atoms with Gasteiger partial charge in [0.1, 0.15) is 17.3 Å². The second-order valence-electron chi connectivity index (χ2n) is 7.55. The quantitative estimate of drug-likeness (QED) is 0.585. The van der Waals surface area contributed by atoms with Gasteiger partial charge in [0.05, 0.1) is 23.5 Å². The van der Waals surface area contributed by atoms with Gasteiger partial charge in [-0.05, 0) is 42.5 Å². The summed E-state index contributed by atoms with van der Waals surface area (Å²) in [5.74, 6) is -1.47. The molecule has 0 unspecified atom stereocenters. The maximum Gasteiger partial charge on any atom is 0.418 e. The molecule has 30 heavy (non-hydrogen) atoms. The number of halogens is 4. The van der Waals surface area contributed by atoms with E-state index < -0.39 is 35.3 Å². The van der Waals surface area contributed by atoms with E-state index in [0.29, 0.717) is 5.69 Å². The van der Waals surface area contributed by atoms with Crippen LogP contribution in [0.25, 0.3) is 0 Å². The number of hydrogen-bond acceptors (Lipinski definition) is 4. The molecule has 0 spiro atoms. The van der Waals surface area contributed by atoms with E-state index >= 15 is 0 Å². The molecule has 1 amide bonds. The molecule has 162 valence electrons. The Morgan fingerprint density at radius 3 is 2.63 bits per heavy atom. The van der Waals surface area contributed by atoms with Crippen molar-refractivity contribution < 1.29 is 33.6 Å². The first-order chi connectivity index (χ1) is 14.2. The Bertz CT molecular complexity index is 978. The molecule has 0 bridgehead atoms. The number of alkyl halides is 3. The fraction of sp³-hybridized carbons (Fsp3) is 0.381. The number of rotatable bonds is 3. The minimum absolute atomic E-state index is 0. The molecule has 0 aromatic heterocycles. The monoisotopic (exact) mass is 426 g/mol. The minimum atomic E-state index is -4.71. The molecule has 1 saturated carbocycles. The van der Waals surface area contributed by atoms with E-state index in [2.05, 4.69) is 10.6 Å². The van der Waals surface area contributed by atoms with Gasteiger partial charge in [-0.2, -0.15) is 13.2 Å². The van der Waals surface area contributed by atoms with Gasteiger partial charge in [-0.1, -0.05) is 12.8 Å². The largest absolute Gasteiger partial charge is 0.508 e. The maximum atomic E-state index is 13.7. The van der Waals surface area contributed by atoms with E-state index in [0.717, 1.165) is 43.9 Å². The lowest BCUT2D eigenvalue weighted by atomic mass is 9.94. The predicted molar refractivity (Wildman–Crippen MR) is 104 cm³/mol. The average Bonchev–Trinajstić information content (AvgIpc) is 3.21. The number of nitrogens with one attached hydrogen (secondary N) is 2. The molecule has 9 heteroatoms. The first-order valence-electron chi connectivity index (χ1n) is 9.67. The molecule has 4 rings (SSSR count). The van der Waals surface area contributed by atoms with Crippen LogP contribution in [-0.4, -0.2) is 23.7 Å². The topological polar surface area (TPSA) is 70.6 Å². The summed E-state index contributed by atoms with van der Waals surface area (Å²) < 4.78 is 59.8. The third kappa shape index (κ3) is 4.01. The van der Waals surface area contributed by atoms with Gasteiger partial charge >= 0.3 is 6.18 Å². The van der Waals surface area contributed by atoms with Crippen LogP contribution < -0.4 is 15.4 Å². The molecule has 5 nitrogen and oxygen atoms in total. The summed E-state index contributed by atoms with van der Waals surface area (Å²) in [6.45, 7) is -0.0459. The molecule has 1 atom stereocenters. The second-order valence-corrected chi connectivity index (χ2v) is 7.55. The molecule has 1 fully saturated rings. The molecule has 2 aromatic carbocycles. The van der Waals surface area contributed by atoms with Crippen molar-refractivity contribution >= 4 is 17.3 Å². The number of fused-ring (bicyclic) bond motifs is 1. The second kappa shape index (κ2) is 7.70. The van der Waals surface area contributed by atoms with Crippen molar-refractivity contribution in [2.24, 2.45) is 0 Å². The summed E-state index contributed by atoms with van der Waals surface area (Å²) in [6, 6.07) is 5.57. The van der Waals surface area contributed by atoms with Gasteiger partial charge in [0.25, 0.3) is 5.91 Å². The van der Waals surface area contributed by atoms with Crippen molar-refractivity contribution in [3.05, 3.63) is 47.3 Å². The Morgan fingerprint density at radius 1 is 1.20 bits per heavy atom. The Labute approximate surface area is 171 Å². The fourth-order valence-corrected chi connectivity index (χ4v) is 4.01. The molecule has 1 aliphatic heterocycles. The number of aromatic hydroxyl groups is 1. The number of amides is 1. The van der Waals surface area contributed by atoms with Crippen LogP contribution in [0, 0.1) is 5.82 Å². The van der Waals surface area contributed by atoms with Crippen molar-refractivity contribution in [3.8, 4) is 11.5 Å². The zero-order valence-corrected chi connectivity index (χ0v) is 15.9. The summed E-state index contributed by atoms with van der Waals surface area (Å²) in [7, 11) is 0. The van der Waals surface area contributed by atoms with Gasteiger partial charge in [0, 0.05) is 13.6 Å². The summed E-state index contributed by atoms with van der Waals surface area (Å²) in [5.41, 5.74) is -0.931. The third-order valence-corrected chi connectivity index (χ3v) is 5.51. The van der Waals surface area contributed by atoms with Crippen LogP contribution in [0.5, 0.6) is 11.5 Å². The Kier molecular flexibility index (Phi) is 5.21. The zero-order chi connectivity index (χ0) is 21.5. The first-order valence-corrected chi connectivity index (χ1v) is 9.67. The summed E-state index contributed by atoms with van der Waals surface area (Å²) in [6.07, 6.45) is -2.58. The van der Waals surface area contributed by atoms with Crippen molar-refractivity contribution in [2.75, 3.05) is 17.2 Å². The zero-order valence-electron chi connectivity index (χ0n) is 15.9. The lowest BCUT2D eigenvalue weighted by Crippen LogP contribution is -2.41. The highest BCUT2D eigenvalue weighted by Crippen LogP contribution is 2.44. The standard InChI is InChI=1S/C21H20F4N2O3.H2/c22-12-5-6-18-16(7-12)26-10-19(30-18)20(29)27-15-9-17(28)13(11-3-1-2-4-11)8-14(15)21(23,24)25;/h5-9,11,19,26,28H,1-4,10H2,(H,27,29);1H/t19-;/m1./s1. The highest BCUT2D eigenvalue weighted by molar-refractivity contribution is 5.96. The van der Waals surface area contributed by atoms with Crippen molar-refractivity contribution in [1.82, 2.24) is 0 Å². The van der Waals surface area contributed by atoms with Gasteiger partial charge in [0.2, 0.25) is 0 Å². The van der Waals surface area contributed by atoms with Gasteiger partial charge in [0.15, 0.2) is 6.10 Å². The van der Waals surface area contributed by atoms with Crippen molar-refractivity contribution in [1.29, 1.82) is 0 Å². The lowest BCUT2D eigenvalue weighted by molar-refractivity contribution is -0.137. The minimum Gasteiger partial charge on any atom is -0.508 e. The number of ether oxygens (including phenoxy) is 1. The molecule has 0 radical (unpaired) electrons. The average molecular weight is 426 g/mol. The number of hydrogen-bond donors (Lipinski definition) is 3. The number of anilines is 2. The van der Waals surface area contributed by atoms with Crippen LogP contribution in [0.1, 0.15) is 44.2 Å². The molecular weight excluding hydrogens is 404 g/mol. The smallest absolute Gasteiger partial charge is 0.418 e. The van der Waals surface area contributed by atoms with Crippen LogP contribution in [0.3, 0.4) is 0 Å². The molecule has 3 N–H and O–H groups in total. The van der Waals surface area contributed by atoms with Gasteiger partial charge in [-0.15, -0.1) is 0 Å². The van der Waals surface area contributed by atoms with Gasteiger partial charge < -0.3 is 20.5 Å². The van der Waals surface area contributed by atoms with Crippen LogP contribution in [0.2, 0.25) is 0 Å². The number of carbonyl (C=O) groups excluding carboxylic acids is 1. The van der Waals surface area contributed by atoms with E-state index in [4.69, 9.17) is 4.74 Å². The normalized spacial score (nSPS) is 19.0. The SMILES string of the molecule is O=C(Nc1cc(O)c(C2CCCC2)cc1C(F)(F)F)[C@H]1CNc2cc(F)ccc2O1.[HH]. The number of phenols is 1. The number of carbonyl (C=O) groups is 1. The molecule has 0 saturated heterocycles. The third-order valence-electron chi connectivity index (χ3n) is 5.51. The van der Waals surface area contributed by atoms with Crippen LogP contribution in [-0.2, 0) is 11.0 Å². The highest BCUT2D eigenvalue weighted by Gasteiger charge is 2.37. The van der Waals surface area contributed by atoms with E-state index in [1.165, 1.54) is 12.1 Å². The van der Waals surface area contributed by atoms with Crippen LogP contribution >= 0.6 is 0 Å². The molecule has 2 aliphatic rings. The van der Waals surface area contributed by atoms with E-state index in [-0.39, 0.29) is 31.0 Å². The van der Waals surface area contributed by atoms with Crippen molar-refractivity contribution in [3.63, 3.8) is 0 Å². The van der Waals surface area contributed by atoms with Crippen molar-refractivity contribution in [2.45, 2.75) is 43.9 Å². The summed E-state index contributed by atoms with van der Waals surface area (Å²) in [5, 5.41) is 15.4. The molecule has 2 aromatic rings. The number of benzene rings is 2. The highest BCUT2D eigenvalue weighted by atomic mass is 19.4.